The zero-order chi connectivity index (χ0) is 33.0. The summed E-state index contributed by atoms with van der Waals surface area (Å²) in [5, 5.41) is 14.6. The number of aliphatic hydroxyl groups is 1. The van der Waals surface area contributed by atoms with Gasteiger partial charge >= 0.3 is 0 Å². The molecule has 0 saturated carbocycles. The van der Waals surface area contributed by atoms with Gasteiger partial charge in [0, 0.05) is 55.6 Å². The summed E-state index contributed by atoms with van der Waals surface area (Å²) in [5.74, 6) is 0.547. The molecule has 1 aliphatic heterocycles. The number of hydrogen-bond acceptors (Lipinski definition) is 4. The molecule has 2 heterocycles. The molecule has 4 nitrogen and oxygen atoms in total. The van der Waals surface area contributed by atoms with Gasteiger partial charge in [0.05, 0.1) is 5.76 Å². The fourth-order valence-electron chi connectivity index (χ4n) is 6.44. The van der Waals surface area contributed by atoms with Gasteiger partial charge in [-0.3, -0.25) is 4.79 Å². The first-order chi connectivity index (χ1) is 22.1. The van der Waals surface area contributed by atoms with E-state index in [0.717, 1.165) is 48.3 Å². The van der Waals surface area contributed by atoms with Gasteiger partial charge in [-0.1, -0.05) is 108 Å². The summed E-state index contributed by atoms with van der Waals surface area (Å²) in [6.45, 7) is 14.9. The molecule has 5 aromatic rings. The first kappa shape index (κ1) is 36.1. The predicted octanol–water partition coefficient (Wildman–Crippen LogP) is 11.8. The van der Waals surface area contributed by atoms with Crippen molar-refractivity contribution in [1.29, 1.82) is 0 Å². The van der Waals surface area contributed by atoms with E-state index in [-0.39, 0.29) is 48.9 Å². The van der Waals surface area contributed by atoms with Crippen LogP contribution in [0.15, 0.2) is 96.9 Å². The summed E-state index contributed by atoms with van der Waals surface area (Å²) < 4.78 is 0. The third kappa shape index (κ3) is 7.37. The SMILES string of the molecule is CC(C)(C)c1cc2c3c(nccc3c1)-c1[c-]cc3ccccc3c1N2c1ccccc1.CCC(CC)C(=O)/C=C(\O)C(CC)CC.[Ir]. The normalized spacial score (nSPS) is 12.5. The maximum absolute atomic E-state index is 11.7. The van der Waals surface area contributed by atoms with Gasteiger partial charge < -0.3 is 15.0 Å². The van der Waals surface area contributed by atoms with Gasteiger partial charge in [-0.2, -0.15) is 0 Å². The van der Waals surface area contributed by atoms with E-state index >= 15 is 0 Å². The van der Waals surface area contributed by atoms with Gasteiger partial charge in [0.2, 0.25) is 0 Å². The molecule has 1 radical (unpaired) electrons. The number of fused-ring (bicyclic) bond motifs is 4. The van der Waals surface area contributed by atoms with Crippen LogP contribution in [0.2, 0.25) is 0 Å². The Labute approximate surface area is 294 Å². The van der Waals surface area contributed by atoms with Gasteiger partial charge in [-0.05, 0) is 83.1 Å². The van der Waals surface area contributed by atoms with E-state index in [0.29, 0.717) is 0 Å². The van der Waals surface area contributed by atoms with Crippen molar-refractivity contribution in [2.45, 2.75) is 79.6 Å². The summed E-state index contributed by atoms with van der Waals surface area (Å²) in [6, 6.07) is 31.7. The minimum absolute atomic E-state index is 0. The monoisotopic (exact) mass is 804 g/mol. The zero-order valence-corrected chi connectivity index (χ0v) is 31.1. The molecule has 0 amide bonds. The van der Waals surface area contributed by atoms with E-state index in [4.69, 9.17) is 4.98 Å². The fraction of sp³-hybridized carbons (Fsp3) is 0.333. The van der Waals surface area contributed by atoms with E-state index in [9.17, 15) is 9.90 Å². The Morgan fingerprint density at radius 1 is 0.872 bits per heavy atom. The second-order valence-electron chi connectivity index (χ2n) is 13.3. The smallest absolute Gasteiger partial charge is 0.162 e. The number of nitrogens with zero attached hydrogens (tertiary/aromatic N) is 2. The van der Waals surface area contributed by atoms with Crippen LogP contribution in [0.25, 0.3) is 32.8 Å². The van der Waals surface area contributed by atoms with Crippen LogP contribution in [0.4, 0.5) is 17.1 Å². The number of anilines is 3. The van der Waals surface area contributed by atoms with Crippen molar-refractivity contribution in [1.82, 2.24) is 4.98 Å². The molecule has 1 N–H and O–H groups in total. The Bertz CT molecular complexity index is 1870. The number of carbonyl (C=O) groups excluding carboxylic acids is 1. The number of rotatable bonds is 8. The average Bonchev–Trinajstić information content (AvgIpc) is 3.06. The van der Waals surface area contributed by atoms with Crippen LogP contribution < -0.4 is 4.90 Å². The molecule has 0 aliphatic carbocycles. The Balaban J connectivity index is 0.000000269. The Morgan fingerprint density at radius 3 is 2.15 bits per heavy atom. The number of benzene rings is 4. The van der Waals surface area contributed by atoms with Crippen molar-refractivity contribution in [2.75, 3.05) is 4.90 Å². The second-order valence-corrected chi connectivity index (χ2v) is 13.3. The van der Waals surface area contributed by atoms with Crippen LogP contribution >= 0.6 is 0 Å². The first-order valence-electron chi connectivity index (χ1n) is 16.8. The largest absolute Gasteiger partial charge is 0.512 e. The topological polar surface area (TPSA) is 53.4 Å². The average molecular weight is 804 g/mol. The fourth-order valence-corrected chi connectivity index (χ4v) is 6.44. The standard InChI is InChI=1S/C29H23N2.C13H24O2.Ir/c1-29(2,3)21-17-20-15-16-30-27-24-14-13-19-9-7-8-12-23(19)28(24)31(25(18-21)26(20)27)22-10-5-4-6-11-22;1-5-10(6-2)12(14)9-13(15)11(7-3)8-4;/h4-13,15-18H,1-3H3;9-11,14H,5-8H2,1-4H3;/q-1;;/b;12-9-;. The van der Waals surface area contributed by atoms with E-state index in [1.54, 1.807) is 0 Å². The number of pyridine rings is 1. The molecular weight excluding hydrogens is 757 g/mol. The first-order valence-corrected chi connectivity index (χ1v) is 16.8. The van der Waals surface area contributed by atoms with Crippen LogP contribution in [-0.2, 0) is 30.3 Å². The van der Waals surface area contributed by atoms with E-state index in [1.807, 2.05) is 33.9 Å². The predicted molar refractivity (Wildman–Crippen MR) is 194 cm³/mol. The van der Waals surface area contributed by atoms with E-state index < -0.39 is 0 Å². The van der Waals surface area contributed by atoms with Crippen LogP contribution in [0, 0.1) is 17.9 Å². The van der Waals surface area contributed by atoms with Gasteiger partial charge in [0.15, 0.2) is 5.78 Å². The van der Waals surface area contributed by atoms with Crippen molar-refractivity contribution in [3.05, 3.63) is 109 Å². The van der Waals surface area contributed by atoms with E-state index in [1.165, 1.54) is 38.9 Å². The number of aliphatic hydroxyl groups excluding tert-OH is 1. The van der Waals surface area contributed by atoms with Crippen LogP contribution in [0.5, 0.6) is 0 Å². The number of ketones is 1. The molecule has 1 aliphatic rings. The van der Waals surface area contributed by atoms with Gasteiger partial charge in [-0.25, -0.2) is 0 Å². The van der Waals surface area contributed by atoms with Crippen molar-refractivity contribution in [3.63, 3.8) is 0 Å². The molecule has 4 aromatic carbocycles. The summed E-state index contributed by atoms with van der Waals surface area (Å²) >= 11 is 0. The maximum atomic E-state index is 11.7. The number of aromatic nitrogens is 1. The molecule has 5 heteroatoms. The summed E-state index contributed by atoms with van der Waals surface area (Å²) in [7, 11) is 0. The minimum atomic E-state index is 0. The summed E-state index contributed by atoms with van der Waals surface area (Å²) in [4.78, 5) is 19.0. The molecule has 247 valence electrons. The quantitative estimate of drug-likeness (QED) is 0.0946. The number of allylic oxidation sites excluding steroid dienone is 2. The van der Waals surface area contributed by atoms with Crippen molar-refractivity contribution < 1.29 is 30.0 Å². The molecule has 0 spiro atoms. The summed E-state index contributed by atoms with van der Waals surface area (Å²) in [5.41, 5.74) is 6.93. The molecule has 6 rings (SSSR count). The molecule has 0 atom stereocenters. The van der Waals surface area contributed by atoms with Crippen molar-refractivity contribution in [2.24, 2.45) is 11.8 Å². The Hall–Kier alpha value is -3.79. The number of hydrogen-bond donors (Lipinski definition) is 1. The second kappa shape index (κ2) is 15.4. The van der Waals surface area contributed by atoms with Gasteiger partial charge in [0.25, 0.3) is 0 Å². The van der Waals surface area contributed by atoms with Crippen molar-refractivity contribution >= 4 is 44.4 Å². The van der Waals surface area contributed by atoms with Crippen LogP contribution in [0.1, 0.15) is 79.7 Å². The zero-order valence-electron chi connectivity index (χ0n) is 28.7. The van der Waals surface area contributed by atoms with Crippen LogP contribution in [0.3, 0.4) is 0 Å². The number of carbonyl (C=O) groups is 1. The molecular formula is C42H47IrN2O2-. The molecule has 0 fully saturated rings. The minimum Gasteiger partial charge on any atom is -0.512 e. The molecule has 1 aromatic heterocycles. The third-order valence-corrected chi connectivity index (χ3v) is 9.33. The van der Waals surface area contributed by atoms with Gasteiger partial charge in [0.1, 0.15) is 0 Å². The molecule has 47 heavy (non-hydrogen) atoms. The summed E-state index contributed by atoms with van der Waals surface area (Å²) in [6.07, 6.45) is 6.84. The molecule has 0 unspecified atom stereocenters. The third-order valence-electron chi connectivity index (χ3n) is 9.33. The van der Waals surface area contributed by atoms with Crippen molar-refractivity contribution in [3.8, 4) is 11.3 Å². The van der Waals surface area contributed by atoms with Gasteiger partial charge in [-0.15, -0.1) is 17.7 Å². The Morgan fingerprint density at radius 2 is 1.51 bits per heavy atom. The maximum Gasteiger partial charge on any atom is 0.162 e. The molecule has 0 bridgehead atoms. The molecule has 0 saturated heterocycles. The van der Waals surface area contributed by atoms with Crippen LogP contribution in [-0.4, -0.2) is 15.9 Å². The number of para-hydroxylation sites is 1. The van der Waals surface area contributed by atoms with E-state index in [2.05, 4.69) is 111 Å². The Kier molecular flexibility index (Phi) is 11.8.